The fourth-order valence-corrected chi connectivity index (χ4v) is 3.96. The molecule has 2 N–H and O–H groups in total. The van der Waals surface area contributed by atoms with Gasteiger partial charge in [0.25, 0.3) is 5.91 Å². The van der Waals surface area contributed by atoms with E-state index in [0.717, 1.165) is 22.0 Å². The maximum absolute atomic E-state index is 12.6. The molecule has 0 fully saturated rings. The van der Waals surface area contributed by atoms with Gasteiger partial charge >= 0.3 is 5.63 Å². The Bertz CT molecular complexity index is 1540. The largest absolute Gasteiger partial charge is 0.489 e. The van der Waals surface area contributed by atoms with Crippen molar-refractivity contribution in [3.63, 3.8) is 0 Å². The SMILES string of the molecule is O=C(NCCc1c[nH]c2ccccc12)c1cc2ccc(OCc3ccc(Cl)cc3)cc2oc1=O. The first-order chi connectivity index (χ1) is 16.6. The number of rotatable bonds is 7. The van der Waals surface area contributed by atoms with Crippen molar-refractivity contribution in [2.75, 3.05) is 6.54 Å². The second-order valence-corrected chi connectivity index (χ2v) is 8.36. The summed E-state index contributed by atoms with van der Waals surface area (Å²) in [6.45, 7) is 0.749. The van der Waals surface area contributed by atoms with E-state index in [1.54, 1.807) is 36.4 Å². The van der Waals surface area contributed by atoms with Crippen molar-refractivity contribution in [2.24, 2.45) is 0 Å². The first kappa shape index (κ1) is 21.8. The first-order valence-electron chi connectivity index (χ1n) is 10.9. The van der Waals surface area contributed by atoms with Crippen molar-refractivity contribution >= 4 is 39.4 Å². The molecular weight excluding hydrogens is 452 g/mol. The Morgan fingerprint density at radius 3 is 2.71 bits per heavy atom. The van der Waals surface area contributed by atoms with Crippen molar-refractivity contribution in [3.05, 3.63) is 111 Å². The fraction of sp³-hybridized carbons (Fsp3) is 0.111. The molecule has 3 aromatic carbocycles. The number of carbonyl (C=O) groups excluding carboxylic acids is 1. The average molecular weight is 473 g/mol. The lowest BCUT2D eigenvalue weighted by Crippen LogP contribution is -2.29. The zero-order valence-corrected chi connectivity index (χ0v) is 18.9. The van der Waals surface area contributed by atoms with E-state index in [2.05, 4.69) is 10.3 Å². The number of nitrogens with one attached hydrogen (secondary N) is 2. The molecule has 0 aliphatic carbocycles. The molecule has 0 aliphatic heterocycles. The van der Waals surface area contributed by atoms with E-state index in [9.17, 15) is 9.59 Å². The molecule has 5 rings (SSSR count). The van der Waals surface area contributed by atoms with Crippen LogP contribution in [0.15, 0.2) is 88.2 Å². The smallest absolute Gasteiger partial charge is 0.349 e. The van der Waals surface area contributed by atoms with E-state index in [1.807, 2.05) is 42.6 Å². The molecule has 7 heteroatoms. The van der Waals surface area contributed by atoms with Crippen LogP contribution < -0.4 is 15.7 Å². The summed E-state index contributed by atoms with van der Waals surface area (Å²) in [5.41, 5.74) is 2.76. The number of benzene rings is 3. The van der Waals surface area contributed by atoms with Crippen molar-refractivity contribution < 1.29 is 13.9 Å². The first-order valence-corrected chi connectivity index (χ1v) is 11.2. The van der Waals surface area contributed by atoms with E-state index < -0.39 is 11.5 Å². The molecule has 0 saturated heterocycles. The highest BCUT2D eigenvalue weighted by Gasteiger charge is 2.14. The van der Waals surface area contributed by atoms with Crippen LogP contribution in [0.3, 0.4) is 0 Å². The van der Waals surface area contributed by atoms with Crippen LogP contribution in [0, 0.1) is 0 Å². The highest BCUT2D eigenvalue weighted by Crippen LogP contribution is 2.22. The van der Waals surface area contributed by atoms with Gasteiger partial charge in [-0.3, -0.25) is 4.79 Å². The zero-order valence-electron chi connectivity index (χ0n) is 18.1. The molecule has 170 valence electrons. The van der Waals surface area contributed by atoms with Gasteiger partial charge in [-0.05, 0) is 53.9 Å². The van der Waals surface area contributed by atoms with Crippen LogP contribution in [-0.2, 0) is 13.0 Å². The molecule has 5 aromatic rings. The lowest BCUT2D eigenvalue weighted by molar-refractivity contribution is 0.0950. The number of hydrogen-bond acceptors (Lipinski definition) is 4. The van der Waals surface area contributed by atoms with Crippen LogP contribution in [0.2, 0.25) is 5.02 Å². The number of fused-ring (bicyclic) bond motifs is 2. The number of amides is 1. The second-order valence-electron chi connectivity index (χ2n) is 7.93. The van der Waals surface area contributed by atoms with E-state index in [0.29, 0.717) is 41.3 Å². The molecule has 0 bridgehead atoms. The van der Waals surface area contributed by atoms with Gasteiger partial charge in [0, 0.05) is 40.1 Å². The lowest BCUT2D eigenvalue weighted by atomic mass is 10.1. The normalized spacial score (nSPS) is 11.1. The third-order valence-electron chi connectivity index (χ3n) is 5.63. The van der Waals surface area contributed by atoms with E-state index >= 15 is 0 Å². The minimum atomic E-state index is -0.688. The van der Waals surface area contributed by atoms with Crippen molar-refractivity contribution in [1.29, 1.82) is 0 Å². The monoisotopic (exact) mass is 472 g/mol. The molecular formula is C27H21ClN2O4. The van der Waals surface area contributed by atoms with Gasteiger partial charge in [0.2, 0.25) is 0 Å². The molecule has 2 aromatic heterocycles. The number of para-hydroxylation sites is 1. The topological polar surface area (TPSA) is 84.3 Å². The highest BCUT2D eigenvalue weighted by molar-refractivity contribution is 6.30. The van der Waals surface area contributed by atoms with Crippen LogP contribution in [-0.4, -0.2) is 17.4 Å². The molecule has 34 heavy (non-hydrogen) atoms. The maximum atomic E-state index is 12.6. The maximum Gasteiger partial charge on any atom is 0.349 e. The lowest BCUT2D eigenvalue weighted by Gasteiger charge is -2.08. The molecule has 1 amide bonds. The summed E-state index contributed by atoms with van der Waals surface area (Å²) >= 11 is 5.90. The predicted octanol–water partition coefficient (Wildman–Crippen LogP) is 5.48. The number of ether oxygens (including phenoxy) is 1. The van der Waals surface area contributed by atoms with Gasteiger partial charge < -0.3 is 19.5 Å². The minimum Gasteiger partial charge on any atom is -0.489 e. The van der Waals surface area contributed by atoms with Gasteiger partial charge in [-0.2, -0.15) is 0 Å². The summed E-state index contributed by atoms with van der Waals surface area (Å²) in [6, 6.07) is 22.1. The zero-order chi connectivity index (χ0) is 23.5. The average Bonchev–Trinajstić information content (AvgIpc) is 3.26. The van der Waals surface area contributed by atoms with Crippen LogP contribution in [0.25, 0.3) is 21.9 Å². The van der Waals surface area contributed by atoms with Crippen molar-refractivity contribution in [1.82, 2.24) is 10.3 Å². The van der Waals surface area contributed by atoms with Crippen molar-refractivity contribution in [3.8, 4) is 5.75 Å². The van der Waals surface area contributed by atoms with E-state index in [-0.39, 0.29) is 5.56 Å². The van der Waals surface area contributed by atoms with Gasteiger partial charge in [0.05, 0.1) is 0 Å². The van der Waals surface area contributed by atoms with Gasteiger partial charge in [0.1, 0.15) is 23.5 Å². The number of aromatic nitrogens is 1. The molecule has 6 nitrogen and oxygen atoms in total. The Hall–Kier alpha value is -4.03. The Balaban J connectivity index is 1.25. The molecule has 2 heterocycles. The van der Waals surface area contributed by atoms with Crippen molar-refractivity contribution in [2.45, 2.75) is 13.0 Å². The van der Waals surface area contributed by atoms with Gasteiger partial charge in [-0.25, -0.2) is 4.79 Å². The number of aromatic amines is 1. The van der Waals surface area contributed by atoms with Crippen LogP contribution in [0.5, 0.6) is 5.75 Å². The third-order valence-corrected chi connectivity index (χ3v) is 5.88. The summed E-state index contributed by atoms with van der Waals surface area (Å²) in [5, 5.41) is 5.24. The minimum absolute atomic E-state index is 0.0266. The predicted molar refractivity (Wildman–Crippen MR) is 133 cm³/mol. The molecule has 0 aliphatic rings. The Labute approximate surface area is 200 Å². The molecule has 0 saturated carbocycles. The molecule has 0 unspecified atom stereocenters. The fourth-order valence-electron chi connectivity index (χ4n) is 3.83. The molecule has 0 radical (unpaired) electrons. The standard InChI is InChI=1S/C27H21ClN2O4/c28-20-8-5-17(6-9-20)16-33-21-10-7-18-13-23(27(32)34-25(18)14-21)26(31)29-12-11-19-15-30-24-4-2-1-3-22(19)24/h1-10,13-15,30H,11-12,16H2,(H,29,31). The van der Waals surface area contributed by atoms with Gasteiger partial charge in [-0.1, -0.05) is 41.9 Å². The third kappa shape index (κ3) is 4.67. The summed E-state index contributed by atoms with van der Waals surface area (Å²) in [4.78, 5) is 28.3. The Morgan fingerprint density at radius 1 is 1.03 bits per heavy atom. The highest BCUT2D eigenvalue weighted by atomic mass is 35.5. The van der Waals surface area contributed by atoms with Gasteiger partial charge in [0.15, 0.2) is 0 Å². The quantitative estimate of drug-likeness (QED) is 0.307. The summed E-state index contributed by atoms with van der Waals surface area (Å²) < 4.78 is 11.2. The molecule has 0 spiro atoms. The van der Waals surface area contributed by atoms with Crippen LogP contribution in [0.4, 0.5) is 0 Å². The number of hydrogen-bond donors (Lipinski definition) is 2. The van der Waals surface area contributed by atoms with E-state index in [4.69, 9.17) is 20.8 Å². The number of carbonyl (C=O) groups is 1. The Morgan fingerprint density at radius 2 is 1.85 bits per heavy atom. The van der Waals surface area contributed by atoms with Crippen LogP contribution >= 0.6 is 11.6 Å². The summed E-state index contributed by atoms with van der Waals surface area (Å²) in [6.07, 6.45) is 2.58. The summed E-state index contributed by atoms with van der Waals surface area (Å²) in [5.74, 6) is 0.0973. The number of halogens is 1. The van der Waals surface area contributed by atoms with E-state index in [1.165, 1.54) is 0 Å². The number of H-pyrrole nitrogens is 1. The Kier molecular flexibility index (Phi) is 6.06. The molecule has 0 atom stereocenters. The van der Waals surface area contributed by atoms with Gasteiger partial charge in [-0.15, -0.1) is 0 Å². The second kappa shape index (κ2) is 9.45. The summed E-state index contributed by atoms with van der Waals surface area (Å²) in [7, 11) is 0. The van der Waals surface area contributed by atoms with Crippen LogP contribution in [0.1, 0.15) is 21.5 Å².